The zero-order valence-electron chi connectivity index (χ0n) is 19.1. The second-order valence-electron chi connectivity index (χ2n) is 8.92. The van der Waals surface area contributed by atoms with Crippen molar-refractivity contribution in [1.82, 2.24) is 0 Å². The van der Waals surface area contributed by atoms with Crippen LogP contribution in [0.15, 0.2) is 41.2 Å². The van der Waals surface area contributed by atoms with Crippen LogP contribution < -0.4 is 5.43 Å². The van der Waals surface area contributed by atoms with Crippen LogP contribution in [-0.2, 0) is 18.6 Å². The second-order valence-corrected chi connectivity index (χ2v) is 9.90. The average Bonchev–Trinajstić information content (AvgIpc) is 2.80. The number of hydrogen-bond acceptors (Lipinski definition) is 5. The molecule has 5 heteroatoms. The molecule has 0 spiro atoms. The molecule has 2 aromatic carbocycles. The molecule has 0 aliphatic heterocycles. The molecule has 1 aliphatic rings. The van der Waals surface area contributed by atoms with Crippen molar-refractivity contribution >= 4 is 11.8 Å². The Morgan fingerprint density at radius 3 is 2.45 bits per heavy atom. The van der Waals surface area contributed by atoms with Gasteiger partial charge >= 0.3 is 0 Å². The lowest BCUT2D eigenvalue weighted by Gasteiger charge is -2.21. The third-order valence-corrected chi connectivity index (χ3v) is 7.05. The summed E-state index contributed by atoms with van der Waals surface area (Å²) in [6.07, 6.45) is 4.50. The number of thioether (sulfide) groups is 1. The molecule has 0 radical (unpaired) electrons. The molecule has 1 aliphatic carbocycles. The molecule has 0 amide bonds. The van der Waals surface area contributed by atoms with E-state index in [-0.39, 0.29) is 5.75 Å². The van der Waals surface area contributed by atoms with Crippen molar-refractivity contribution in [1.29, 1.82) is 0 Å². The molecule has 0 fully saturated rings. The molecule has 170 valence electrons. The lowest BCUT2D eigenvalue weighted by molar-refractivity contribution is 0.0753. The molecule has 0 heterocycles. The fourth-order valence-corrected chi connectivity index (χ4v) is 5.08. The third-order valence-electron chi connectivity index (χ3n) is 5.68. The zero-order chi connectivity index (χ0) is 23.0. The number of aryl methyl sites for hydroxylation is 1. The Morgan fingerprint density at radius 2 is 1.81 bits per heavy atom. The van der Waals surface area contributed by atoms with Crippen molar-refractivity contribution in [2.24, 2.45) is 5.92 Å². The highest BCUT2D eigenvalue weighted by atomic mass is 32.2. The Hall–Kier alpha value is -1.98. The van der Waals surface area contributed by atoms with Gasteiger partial charge in [-0.3, -0.25) is 4.79 Å². The molecule has 0 bridgehead atoms. The van der Waals surface area contributed by atoms with Gasteiger partial charge in [0, 0.05) is 17.1 Å². The summed E-state index contributed by atoms with van der Waals surface area (Å²) in [6, 6.07) is 11.8. The lowest BCUT2D eigenvalue weighted by Crippen LogP contribution is -2.26. The van der Waals surface area contributed by atoms with Crippen molar-refractivity contribution in [3.8, 4) is 11.5 Å². The van der Waals surface area contributed by atoms with E-state index in [0.717, 1.165) is 60.3 Å². The van der Waals surface area contributed by atoms with Gasteiger partial charge in [0.15, 0.2) is 5.75 Å². The van der Waals surface area contributed by atoms with Gasteiger partial charge in [0.05, 0.1) is 5.60 Å². The van der Waals surface area contributed by atoms with Gasteiger partial charge < -0.3 is 15.3 Å². The SMILES string of the molecule is CCCC(C)(O)CSCc1ccccc1.Cc1cc(=O)c(O)c(O)c2c1CC(C)CC2. The Labute approximate surface area is 190 Å². The van der Waals surface area contributed by atoms with E-state index in [0.29, 0.717) is 5.92 Å². The van der Waals surface area contributed by atoms with Crippen LogP contribution in [0.3, 0.4) is 0 Å². The van der Waals surface area contributed by atoms with Gasteiger partial charge in [0.1, 0.15) is 0 Å². The number of fused-ring (bicyclic) bond motifs is 1. The van der Waals surface area contributed by atoms with E-state index in [1.54, 1.807) is 11.8 Å². The summed E-state index contributed by atoms with van der Waals surface area (Å²) in [5.74, 6) is 1.63. The number of benzene rings is 1. The van der Waals surface area contributed by atoms with Gasteiger partial charge in [0.25, 0.3) is 0 Å². The average molecular weight is 445 g/mol. The van der Waals surface area contributed by atoms with Crippen LogP contribution in [0.5, 0.6) is 11.5 Å². The highest BCUT2D eigenvalue weighted by Gasteiger charge is 2.22. The van der Waals surface area contributed by atoms with Gasteiger partial charge in [-0.05, 0) is 68.2 Å². The van der Waals surface area contributed by atoms with Crippen molar-refractivity contribution in [3.05, 3.63) is 68.9 Å². The predicted octanol–water partition coefficient (Wildman–Crippen LogP) is 5.36. The van der Waals surface area contributed by atoms with Crippen molar-refractivity contribution < 1.29 is 15.3 Å². The minimum absolute atomic E-state index is 0.222. The zero-order valence-corrected chi connectivity index (χ0v) is 20.0. The summed E-state index contributed by atoms with van der Waals surface area (Å²) in [7, 11) is 0. The predicted molar refractivity (Wildman–Crippen MR) is 130 cm³/mol. The lowest BCUT2D eigenvalue weighted by atomic mass is 9.84. The Bertz CT molecular complexity index is 909. The van der Waals surface area contributed by atoms with Crippen LogP contribution in [0.4, 0.5) is 0 Å². The summed E-state index contributed by atoms with van der Waals surface area (Å²) in [5, 5.41) is 29.4. The topological polar surface area (TPSA) is 77.8 Å². The van der Waals surface area contributed by atoms with Crippen LogP contribution in [-0.4, -0.2) is 26.7 Å². The molecular weight excluding hydrogens is 408 g/mol. The highest BCUT2D eigenvalue weighted by Crippen LogP contribution is 2.35. The van der Waals surface area contributed by atoms with E-state index in [2.05, 4.69) is 38.1 Å². The highest BCUT2D eigenvalue weighted by molar-refractivity contribution is 7.98. The van der Waals surface area contributed by atoms with Crippen LogP contribution in [0, 0.1) is 12.8 Å². The molecule has 0 saturated heterocycles. The van der Waals surface area contributed by atoms with E-state index in [9.17, 15) is 20.1 Å². The summed E-state index contributed by atoms with van der Waals surface area (Å²) >= 11 is 1.80. The smallest absolute Gasteiger partial charge is 0.224 e. The molecule has 0 aromatic heterocycles. The fourth-order valence-electron chi connectivity index (χ4n) is 3.96. The molecule has 2 unspecified atom stereocenters. The number of hydrogen-bond donors (Lipinski definition) is 3. The van der Waals surface area contributed by atoms with Crippen molar-refractivity contribution in [2.75, 3.05) is 5.75 Å². The molecule has 3 N–H and O–H groups in total. The monoisotopic (exact) mass is 444 g/mol. The van der Waals surface area contributed by atoms with Crippen molar-refractivity contribution in [3.63, 3.8) is 0 Å². The van der Waals surface area contributed by atoms with E-state index >= 15 is 0 Å². The Kier molecular flexibility index (Phi) is 9.45. The minimum Gasteiger partial charge on any atom is -0.504 e. The molecule has 31 heavy (non-hydrogen) atoms. The first-order chi connectivity index (χ1) is 14.6. The van der Waals surface area contributed by atoms with Crippen LogP contribution in [0.25, 0.3) is 0 Å². The summed E-state index contributed by atoms with van der Waals surface area (Å²) in [4.78, 5) is 11.5. The number of aliphatic hydroxyl groups is 1. The van der Waals surface area contributed by atoms with Gasteiger partial charge in [-0.1, -0.05) is 50.6 Å². The molecule has 2 aromatic rings. The van der Waals surface area contributed by atoms with Crippen LogP contribution in [0.1, 0.15) is 62.3 Å². The second kappa shape index (κ2) is 11.6. The number of rotatable bonds is 6. The Morgan fingerprint density at radius 1 is 1.13 bits per heavy atom. The quantitative estimate of drug-likeness (QED) is 0.559. The van der Waals surface area contributed by atoms with Gasteiger partial charge in [-0.15, -0.1) is 0 Å². The van der Waals surface area contributed by atoms with Gasteiger partial charge in [0.2, 0.25) is 11.2 Å². The van der Waals surface area contributed by atoms with Gasteiger partial charge in [-0.2, -0.15) is 11.8 Å². The molecule has 3 rings (SSSR count). The maximum atomic E-state index is 11.5. The first-order valence-corrected chi connectivity index (χ1v) is 12.2. The van der Waals surface area contributed by atoms with E-state index < -0.39 is 16.8 Å². The summed E-state index contributed by atoms with van der Waals surface area (Å²) in [6.45, 7) is 8.05. The molecule has 4 nitrogen and oxygen atoms in total. The molecular formula is C26H36O4S. The van der Waals surface area contributed by atoms with E-state index in [4.69, 9.17) is 0 Å². The van der Waals surface area contributed by atoms with Gasteiger partial charge in [-0.25, -0.2) is 0 Å². The molecule has 2 atom stereocenters. The van der Waals surface area contributed by atoms with E-state index in [1.165, 1.54) is 11.6 Å². The fraction of sp³-hybridized carbons (Fsp3) is 0.500. The van der Waals surface area contributed by atoms with Crippen LogP contribution in [0.2, 0.25) is 0 Å². The summed E-state index contributed by atoms with van der Waals surface area (Å²) < 4.78 is 0. The molecule has 0 saturated carbocycles. The normalized spacial score (nSPS) is 17.1. The largest absolute Gasteiger partial charge is 0.504 e. The number of aromatic hydroxyl groups is 2. The van der Waals surface area contributed by atoms with Crippen LogP contribution >= 0.6 is 11.8 Å². The van der Waals surface area contributed by atoms with Crippen molar-refractivity contribution in [2.45, 2.75) is 71.2 Å². The minimum atomic E-state index is -0.515. The first-order valence-electron chi connectivity index (χ1n) is 11.1. The Balaban J connectivity index is 0.000000221. The standard InChI is InChI=1S/C13H16O3.C13H20OS/c1-7-3-4-9-10(5-7)8(2)6-11(14)13(16)12(9)15;1-3-9-13(2,14)11-15-10-12-7-5-4-6-8-12/h6-7H,3-5H2,1-2H3,(H2,14,15,16);4-8,14H,3,9-11H2,1-2H3. The maximum absolute atomic E-state index is 11.5. The first kappa shape index (κ1) is 25.3. The van der Waals surface area contributed by atoms with E-state index in [1.807, 2.05) is 19.9 Å². The third kappa shape index (κ3) is 7.58. The maximum Gasteiger partial charge on any atom is 0.224 e. The summed E-state index contributed by atoms with van der Waals surface area (Å²) in [5.41, 5.74) is 2.95.